The van der Waals surface area contributed by atoms with Crippen LogP contribution in [0, 0.1) is 0 Å². The largest absolute Gasteiger partial charge is 0.437 e. The van der Waals surface area contributed by atoms with E-state index in [2.05, 4.69) is 30.2 Å². The number of hydrogen-bond acceptors (Lipinski definition) is 9. The van der Waals surface area contributed by atoms with Gasteiger partial charge in [-0.3, -0.25) is 0 Å². The molecule has 0 saturated heterocycles. The van der Waals surface area contributed by atoms with Gasteiger partial charge in [-0.25, -0.2) is 19.9 Å². The van der Waals surface area contributed by atoms with Crippen LogP contribution in [0.2, 0.25) is 5.02 Å². The minimum Gasteiger partial charge on any atom is -0.437 e. The first-order chi connectivity index (χ1) is 14.3. The monoisotopic (exact) mass is 440 g/mol. The van der Waals surface area contributed by atoms with E-state index in [9.17, 15) is 0 Å². The molecule has 1 N–H and O–H groups in total. The topological polar surface area (TPSA) is 85.7 Å². The van der Waals surface area contributed by atoms with Crippen molar-refractivity contribution < 1.29 is 4.74 Å². The van der Waals surface area contributed by atoms with Gasteiger partial charge >= 0.3 is 0 Å². The predicted octanol–water partition coefficient (Wildman–Crippen LogP) is 5.19. The number of hydrogen-bond donors (Lipinski definition) is 1. The van der Waals surface area contributed by atoms with Crippen LogP contribution in [0.3, 0.4) is 0 Å². The molecule has 0 radical (unpaired) electrons. The lowest BCUT2D eigenvalue weighted by Crippen LogP contribution is -2.06. The smallest absolute Gasteiger partial charge is 0.250 e. The second kappa shape index (κ2) is 7.86. The van der Waals surface area contributed by atoms with E-state index >= 15 is 0 Å². The highest BCUT2D eigenvalue weighted by Crippen LogP contribution is 2.32. The number of benzene rings is 1. The van der Waals surface area contributed by atoms with Gasteiger partial charge < -0.3 is 10.1 Å². The van der Waals surface area contributed by atoms with Crippen LogP contribution in [0.4, 0.5) is 5.82 Å². The zero-order chi connectivity index (χ0) is 19.6. The Bertz CT molecular complexity index is 1290. The maximum absolute atomic E-state index is 6.25. The number of halogens is 1. The SMILES string of the molecule is Clc1csc2ncnc(NCCc3ccc(Oc4ncnc5scnc45)cc3)c12. The third-order valence-corrected chi connectivity index (χ3v) is 6.32. The number of thiophene rings is 1. The third kappa shape index (κ3) is 3.71. The first-order valence-corrected chi connectivity index (χ1v) is 10.8. The molecule has 0 unspecified atom stereocenters. The minimum atomic E-state index is 0.464. The van der Waals surface area contributed by atoms with Crippen molar-refractivity contribution in [1.82, 2.24) is 24.9 Å². The van der Waals surface area contributed by atoms with Crippen molar-refractivity contribution in [3.63, 3.8) is 0 Å². The van der Waals surface area contributed by atoms with E-state index in [1.807, 2.05) is 29.6 Å². The van der Waals surface area contributed by atoms with Gasteiger partial charge in [-0.2, -0.15) is 4.98 Å². The van der Waals surface area contributed by atoms with Gasteiger partial charge in [0.05, 0.1) is 15.9 Å². The number of rotatable bonds is 6. The molecule has 0 amide bonds. The lowest BCUT2D eigenvalue weighted by atomic mass is 10.1. The summed E-state index contributed by atoms with van der Waals surface area (Å²) in [5.41, 5.74) is 3.58. The molecule has 144 valence electrons. The van der Waals surface area contributed by atoms with E-state index in [0.29, 0.717) is 22.2 Å². The summed E-state index contributed by atoms with van der Waals surface area (Å²) in [5.74, 6) is 1.93. The molecule has 0 atom stereocenters. The fourth-order valence-electron chi connectivity index (χ4n) is 2.88. The van der Waals surface area contributed by atoms with Crippen LogP contribution >= 0.6 is 34.3 Å². The van der Waals surface area contributed by atoms with Gasteiger partial charge in [0.15, 0.2) is 10.3 Å². The molecule has 29 heavy (non-hydrogen) atoms. The Morgan fingerprint density at radius 3 is 2.66 bits per heavy atom. The van der Waals surface area contributed by atoms with Gasteiger partial charge in [0.2, 0.25) is 5.88 Å². The Kier molecular flexibility index (Phi) is 4.92. The normalized spacial score (nSPS) is 11.2. The zero-order valence-corrected chi connectivity index (χ0v) is 17.3. The molecule has 10 heteroatoms. The number of nitrogens with one attached hydrogen (secondary N) is 1. The molecule has 0 spiro atoms. The average molecular weight is 441 g/mol. The van der Waals surface area contributed by atoms with Crippen LogP contribution in [-0.4, -0.2) is 31.5 Å². The van der Waals surface area contributed by atoms with Crippen LogP contribution in [0.1, 0.15) is 5.56 Å². The molecule has 0 fully saturated rings. The molecule has 7 nitrogen and oxygen atoms in total. The van der Waals surface area contributed by atoms with E-state index in [4.69, 9.17) is 16.3 Å². The van der Waals surface area contributed by atoms with Crippen molar-refractivity contribution >= 4 is 60.7 Å². The van der Waals surface area contributed by atoms with Crippen molar-refractivity contribution in [2.75, 3.05) is 11.9 Å². The molecular weight excluding hydrogens is 428 g/mol. The number of ether oxygens (including phenoxy) is 1. The maximum Gasteiger partial charge on any atom is 0.250 e. The quantitative estimate of drug-likeness (QED) is 0.388. The van der Waals surface area contributed by atoms with E-state index in [0.717, 1.165) is 33.8 Å². The highest BCUT2D eigenvalue weighted by molar-refractivity contribution is 7.17. The Morgan fingerprint density at radius 1 is 0.931 bits per heavy atom. The highest BCUT2D eigenvalue weighted by Gasteiger charge is 2.10. The molecule has 0 saturated carbocycles. The first kappa shape index (κ1) is 18.2. The van der Waals surface area contributed by atoms with Gasteiger partial charge in [0, 0.05) is 11.9 Å². The first-order valence-electron chi connectivity index (χ1n) is 8.70. The van der Waals surface area contributed by atoms with Crippen molar-refractivity contribution in [3.8, 4) is 11.6 Å². The lowest BCUT2D eigenvalue weighted by Gasteiger charge is -2.08. The van der Waals surface area contributed by atoms with Crippen molar-refractivity contribution in [2.45, 2.75) is 6.42 Å². The van der Waals surface area contributed by atoms with E-state index in [1.54, 1.807) is 11.8 Å². The van der Waals surface area contributed by atoms with Crippen LogP contribution in [-0.2, 0) is 6.42 Å². The van der Waals surface area contributed by atoms with Crippen LogP contribution in [0.25, 0.3) is 20.6 Å². The number of nitrogens with zero attached hydrogens (tertiary/aromatic N) is 5. The Balaban J connectivity index is 1.24. The predicted molar refractivity (Wildman–Crippen MR) is 116 cm³/mol. The Morgan fingerprint density at radius 2 is 1.76 bits per heavy atom. The van der Waals surface area contributed by atoms with Gasteiger partial charge in [-0.1, -0.05) is 23.7 Å². The van der Waals surface area contributed by atoms with Crippen molar-refractivity contribution in [1.29, 1.82) is 0 Å². The summed E-state index contributed by atoms with van der Waals surface area (Å²) in [6.07, 6.45) is 3.87. The third-order valence-electron chi connectivity index (χ3n) is 4.27. The number of thiazole rings is 1. The summed E-state index contributed by atoms with van der Waals surface area (Å²) in [7, 11) is 0. The molecule has 4 heterocycles. The molecule has 0 bridgehead atoms. The highest BCUT2D eigenvalue weighted by atomic mass is 35.5. The fourth-order valence-corrected chi connectivity index (χ4v) is 4.64. The summed E-state index contributed by atoms with van der Waals surface area (Å²) < 4.78 is 5.88. The van der Waals surface area contributed by atoms with Gasteiger partial charge in [-0.05, 0) is 24.1 Å². The maximum atomic E-state index is 6.25. The van der Waals surface area contributed by atoms with Crippen molar-refractivity contribution in [3.05, 3.63) is 58.4 Å². The molecule has 0 aliphatic carbocycles. The van der Waals surface area contributed by atoms with E-state index in [1.165, 1.54) is 34.6 Å². The molecule has 0 aliphatic heterocycles. The molecule has 5 aromatic rings. The van der Waals surface area contributed by atoms with Gasteiger partial charge in [0.25, 0.3) is 0 Å². The second-order valence-corrected chi connectivity index (χ2v) is 8.19. The summed E-state index contributed by atoms with van der Waals surface area (Å²) >= 11 is 9.22. The molecule has 5 rings (SSSR count). The fraction of sp³-hybridized carbons (Fsp3) is 0.105. The van der Waals surface area contributed by atoms with Crippen LogP contribution in [0.15, 0.2) is 47.8 Å². The summed E-state index contributed by atoms with van der Waals surface area (Å²) in [6.45, 7) is 0.726. The van der Waals surface area contributed by atoms with E-state index in [-0.39, 0.29) is 0 Å². The summed E-state index contributed by atoms with van der Waals surface area (Å²) in [4.78, 5) is 22.9. The minimum absolute atomic E-state index is 0.464. The van der Waals surface area contributed by atoms with Crippen LogP contribution < -0.4 is 10.1 Å². The lowest BCUT2D eigenvalue weighted by molar-refractivity contribution is 0.467. The number of aromatic nitrogens is 5. The molecule has 1 aromatic carbocycles. The summed E-state index contributed by atoms with van der Waals surface area (Å²) in [5, 5.41) is 6.78. The Labute approximate surface area is 178 Å². The zero-order valence-electron chi connectivity index (χ0n) is 14.9. The van der Waals surface area contributed by atoms with Crippen molar-refractivity contribution in [2.24, 2.45) is 0 Å². The van der Waals surface area contributed by atoms with E-state index < -0.39 is 0 Å². The average Bonchev–Trinajstić information content (AvgIpc) is 3.37. The Hall–Kier alpha value is -2.88. The van der Waals surface area contributed by atoms with Gasteiger partial charge in [0.1, 0.15) is 29.1 Å². The second-order valence-electron chi connectivity index (χ2n) is 6.09. The molecule has 0 aliphatic rings. The van der Waals surface area contributed by atoms with Gasteiger partial charge in [-0.15, -0.1) is 22.7 Å². The summed E-state index contributed by atoms with van der Waals surface area (Å²) in [6, 6.07) is 7.91. The molecular formula is C19H13ClN6OS2. The van der Waals surface area contributed by atoms with Crippen LogP contribution in [0.5, 0.6) is 11.6 Å². The molecule has 4 aromatic heterocycles. The number of anilines is 1. The standard InChI is InChI=1S/C19H13ClN6OS2/c20-13-7-28-18-14(13)16(22-8-24-18)21-6-5-11-1-3-12(4-2-11)27-17-15-19(25-9-23-17)29-10-26-15/h1-4,7-10H,5-6H2,(H,21,22,24). The number of fused-ring (bicyclic) bond motifs is 2.